The molecular weight excluding hydrogens is 305 g/mol. The highest BCUT2D eigenvalue weighted by Gasteiger charge is 2.59. The van der Waals surface area contributed by atoms with Crippen LogP contribution in [0.2, 0.25) is 5.02 Å². The highest BCUT2D eigenvalue weighted by molar-refractivity contribution is 6.30. The second kappa shape index (κ2) is 4.57. The Morgan fingerprint density at radius 2 is 2.05 bits per heavy atom. The van der Waals surface area contributed by atoms with Gasteiger partial charge in [-0.1, -0.05) is 23.4 Å². The van der Waals surface area contributed by atoms with Crippen LogP contribution in [0.4, 0.5) is 23.7 Å². The second-order valence-corrected chi connectivity index (χ2v) is 5.50. The van der Waals surface area contributed by atoms with Gasteiger partial charge in [-0.05, 0) is 31.0 Å². The number of amides is 2. The molecule has 0 spiro atoms. The number of halogens is 4. The fourth-order valence-electron chi connectivity index (χ4n) is 2.16. The molecule has 0 bridgehead atoms. The second-order valence-electron chi connectivity index (χ2n) is 5.06. The van der Waals surface area contributed by atoms with Gasteiger partial charge in [-0.3, -0.25) is 0 Å². The molecule has 21 heavy (non-hydrogen) atoms. The standard InChI is InChI=1S/C14H10ClF3N2O/c15-9-3-4-11-10(7-9)13(14(16,17)18,20-12(21)19-11)6-5-8-1-2-8/h3-4,7-8H,1-2H2,(H2,19,20,21)/t13-/m1/s1. The fourth-order valence-corrected chi connectivity index (χ4v) is 2.33. The van der Waals surface area contributed by atoms with E-state index in [1.807, 2.05) is 5.32 Å². The molecule has 7 heteroatoms. The maximum Gasteiger partial charge on any atom is 0.427 e. The number of benzene rings is 1. The summed E-state index contributed by atoms with van der Waals surface area (Å²) >= 11 is 5.81. The number of urea groups is 1. The zero-order chi connectivity index (χ0) is 15.3. The maximum absolute atomic E-state index is 13.7. The van der Waals surface area contributed by atoms with Crippen LogP contribution in [0.3, 0.4) is 0 Å². The number of fused-ring (bicyclic) bond motifs is 1. The van der Waals surface area contributed by atoms with Crippen LogP contribution >= 0.6 is 11.6 Å². The average Bonchev–Trinajstić information content (AvgIpc) is 3.19. The maximum atomic E-state index is 13.7. The van der Waals surface area contributed by atoms with Crippen molar-refractivity contribution in [3.63, 3.8) is 0 Å². The predicted molar refractivity (Wildman–Crippen MR) is 71.8 cm³/mol. The first-order valence-corrected chi connectivity index (χ1v) is 6.68. The molecular formula is C14H10ClF3N2O. The molecule has 0 saturated heterocycles. The van der Waals surface area contributed by atoms with Crippen LogP contribution in [-0.2, 0) is 5.54 Å². The monoisotopic (exact) mass is 314 g/mol. The van der Waals surface area contributed by atoms with Crippen molar-refractivity contribution >= 4 is 23.3 Å². The van der Waals surface area contributed by atoms with Gasteiger partial charge in [-0.2, -0.15) is 13.2 Å². The minimum Gasteiger partial charge on any atom is -0.310 e. The summed E-state index contributed by atoms with van der Waals surface area (Å²) in [7, 11) is 0. The summed E-state index contributed by atoms with van der Waals surface area (Å²) in [5.74, 6) is 4.82. The van der Waals surface area contributed by atoms with Gasteiger partial charge >= 0.3 is 12.2 Å². The van der Waals surface area contributed by atoms with E-state index in [1.54, 1.807) is 0 Å². The van der Waals surface area contributed by atoms with Gasteiger partial charge in [0.15, 0.2) is 0 Å². The van der Waals surface area contributed by atoms with Crippen LogP contribution in [-0.4, -0.2) is 12.2 Å². The molecule has 0 aromatic heterocycles. The summed E-state index contributed by atoms with van der Waals surface area (Å²) in [6.45, 7) is 0. The lowest BCUT2D eigenvalue weighted by atomic mass is 9.86. The Kier molecular flexibility index (Phi) is 3.06. The Labute approximate surface area is 123 Å². The Hall–Kier alpha value is -1.87. The van der Waals surface area contributed by atoms with Crippen LogP contribution < -0.4 is 10.6 Å². The van der Waals surface area contributed by atoms with Gasteiger partial charge in [-0.15, -0.1) is 0 Å². The number of rotatable bonds is 0. The van der Waals surface area contributed by atoms with Crippen molar-refractivity contribution in [3.05, 3.63) is 28.8 Å². The van der Waals surface area contributed by atoms with Crippen molar-refractivity contribution < 1.29 is 18.0 Å². The number of carbonyl (C=O) groups excluding carboxylic acids is 1. The van der Waals surface area contributed by atoms with Crippen LogP contribution in [0.1, 0.15) is 18.4 Å². The van der Waals surface area contributed by atoms with Gasteiger partial charge in [0.05, 0.1) is 0 Å². The molecule has 1 aromatic rings. The van der Waals surface area contributed by atoms with Crippen molar-refractivity contribution in [3.8, 4) is 11.8 Å². The Morgan fingerprint density at radius 3 is 2.67 bits per heavy atom. The first kappa shape index (κ1) is 14.1. The smallest absolute Gasteiger partial charge is 0.310 e. The minimum absolute atomic E-state index is 0.0290. The molecule has 3 nitrogen and oxygen atoms in total. The number of alkyl halides is 3. The summed E-state index contributed by atoms with van der Waals surface area (Å²) in [5.41, 5.74) is -2.85. The normalized spacial score (nSPS) is 24.3. The third kappa shape index (κ3) is 2.42. The Balaban J connectivity index is 2.22. The molecule has 1 aliphatic carbocycles. The zero-order valence-corrected chi connectivity index (χ0v) is 11.4. The van der Waals surface area contributed by atoms with Crippen molar-refractivity contribution in [2.75, 3.05) is 5.32 Å². The van der Waals surface area contributed by atoms with Gasteiger partial charge in [-0.25, -0.2) is 4.79 Å². The molecule has 2 aliphatic rings. The van der Waals surface area contributed by atoms with Crippen LogP contribution in [0, 0.1) is 17.8 Å². The molecule has 110 valence electrons. The molecule has 1 saturated carbocycles. The fraction of sp³-hybridized carbons (Fsp3) is 0.357. The van der Waals surface area contributed by atoms with E-state index in [-0.39, 0.29) is 22.2 Å². The lowest BCUT2D eigenvalue weighted by Crippen LogP contribution is -2.59. The highest BCUT2D eigenvalue weighted by atomic mass is 35.5. The van der Waals surface area contributed by atoms with E-state index < -0.39 is 17.7 Å². The van der Waals surface area contributed by atoms with Gasteiger partial charge < -0.3 is 10.6 Å². The van der Waals surface area contributed by atoms with E-state index in [0.29, 0.717) is 0 Å². The van der Waals surface area contributed by atoms with E-state index in [1.165, 1.54) is 18.2 Å². The highest BCUT2D eigenvalue weighted by Crippen LogP contribution is 2.45. The summed E-state index contributed by atoms with van der Waals surface area (Å²) in [6.07, 6.45) is -3.18. The van der Waals surface area contributed by atoms with E-state index in [2.05, 4.69) is 17.2 Å². The SMILES string of the molecule is O=C1Nc2ccc(Cl)cc2[C@](C#CC2CC2)(C(F)(F)F)N1. The first-order chi connectivity index (χ1) is 9.82. The molecule has 0 radical (unpaired) electrons. The van der Waals surface area contributed by atoms with Crippen molar-refractivity contribution in [1.29, 1.82) is 0 Å². The molecule has 1 aromatic carbocycles. The largest absolute Gasteiger partial charge is 0.427 e. The van der Waals surface area contributed by atoms with Gasteiger partial charge in [0.1, 0.15) is 0 Å². The summed E-state index contributed by atoms with van der Waals surface area (Å²) in [5, 5.41) is 4.42. The number of hydrogen-bond donors (Lipinski definition) is 2. The molecule has 2 amide bonds. The van der Waals surface area contributed by atoms with Gasteiger partial charge in [0.25, 0.3) is 0 Å². The quantitative estimate of drug-likeness (QED) is 0.705. The zero-order valence-electron chi connectivity index (χ0n) is 10.6. The molecule has 1 fully saturated rings. The predicted octanol–water partition coefficient (Wildman–Crippen LogP) is 3.65. The Morgan fingerprint density at radius 1 is 1.33 bits per heavy atom. The lowest BCUT2D eigenvalue weighted by molar-refractivity contribution is -0.178. The van der Waals surface area contributed by atoms with E-state index in [4.69, 9.17) is 11.6 Å². The summed E-state index contributed by atoms with van der Waals surface area (Å²) in [4.78, 5) is 11.6. The number of carbonyl (C=O) groups is 1. The van der Waals surface area contributed by atoms with Crippen LogP contribution in [0.5, 0.6) is 0 Å². The molecule has 1 heterocycles. The topological polar surface area (TPSA) is 41.1 Å². The third-order valence-corrected chi connectivity index (χ3v) is 3.64. The molecule has 1 atom stereocenters. The summed E-state index contributed by atoms with van der Waals surface area (Å²) in [6, 6.07) is 3.00. The molecule has 2 N–H and O–H groups in total. The average molecular weight is 315 g/mol. The van der Waals surface area contributed by atoms with E-state index in [9.17, 15) is 18.0 Å². The van der Waals surface area contributed by atoms with Crippen molar-refractivity contribution in [2.45, 2.75) is 24.6 Å². The van der Waals surface area contributed by atoms with E-state index in [0.717, 1.165) is 12.8 Å². The molecule has 1 aliphatic heterocycles. The minimum atomic E-state index is -4.76. The number of nitrogens with one attached hydrogen (secondary N) is 2. The van der Waals surface area contributed by atoms with Crippen LogP contribution in [0.15, 0.2) is 18.2 Å². The third-order valence-electron chi connectivity index (χ3n) is 3.40. The van der Waals surface area contributed by atoms with E-state index >= 15 is 0 Å². The number of anilines is 1. The summed E-state index contributed by atoms with van der Waals surface area (Å²) < 4.78 is 41.0. The van der Waals surface area contributed by atoms with Gasteiger partial charge in [0, 0.05) is 22.2 Å². The van der Waals surface area contributed by atoms with Gasteiger partial charge in [0.2, 0.25) is 5.54 Å². The Bertz CT molecular complexity index is 673. The van der Waals surface area contributed by atoms with Crippen LogP contribution in [0.25, 0.3) is 0 Å². The molecule has 0 unspecified atom stereocenters. The lowest BCUT2D eigenvalue weighted by Gasteiger charge is -2.37. The molecule has 3 rings (SSSR count). The van der Waals surface area contributed by atoms with Crippen molar-refractivity contribution in [2.24, 2.45) is 5.92 Å². The number of hydrogen-bond acceptors (Lipinski definition) is 1. The first-order valence-electron chi connectivity index (χ1n) is 6.30. The van der Waals surface area contributed by atoms with Crippen molar-refractivity contribution in [1.82, 2.24) is 5.32 Å².